The molecule has 128 valence electrons. The second kappa shape index (κ2) is 7.20. The Morgan fingerprint density at radius 2 is 2.00 bits per heavy atom. The summed E-state index contributed by atoms with van der Waals surface area (Å²) < 4.78 is 2.18. The average Bonchev–Trinajstić information content (AvgIpc) is 2.90. The fraction of sp³-hybridized carbons (Fsp3) is 0.500. The first kappa shape index (κ1) is 16.7. The Labute approximate surface area is 144 Å². The summed E-state index contributed by atoms with van der Waals surface area (Å²) in [6.07, 6.45) is 7.86. The molecule has 1 aliphatic carbocycles. The van der Waals surface area contributed by atoms with Crippen LogP contribution in [0.1, 0.15) is 59.5 Å². The first-order valence-electron chi connectivity index (χ1n) is 8.91. The van der Waals surface area contributed by atoms with E-state index >= 15 is 0 Å². The third kappa shape index (κ3) is 3.37. The number of nitrogens with zero attached hydrogens (tertiary/aromatic N) is 3. The Morgan fingerprint density at radius 3 is 2.67 bits per heavy atom. The third-order valence-electron chi connectivity index (χ3n) is 5.29. The van der Waals surface area contributed by atoms with Gasteiger partial charge in [-0.25, -0.2) is 0 Å². The van der Waals surface area contributed by atoms with Crippen LogP contribution in [-0.2, 0) is 6.54 Å². The molecule has 1 fully saturated rings. The van der Waals surface area contributed by atoms with Gasteiger partial charge in [0.25, 0.3) is 5.91 Å². The quantitative estimate of drug-likeness (QED) is 0.853. The molecule has 0 bridgehead atoms. The molecule has 2 aromatic heterocycles. The number of aromatic nitrogens is 2. The van der Waals surface area contributed by atoms with E-state index in [9.17, 15) is 4.79 Å². The first-order chi connectivity index (χ1) is 11.6. The summed E-state index contributed by atoms with van der Waals surface area (Å²) in [7, 11) is 1.96. The van der Waals surface area contributed by atoms with E-state index in [2.05, 4.69) is 16.5 Å². The summed E-state index contributed by atoms with van der Waals surface area (Å²) in [4.78, 5) is 19.3. The van der Waals surface area contributed by atoms with Crippen molar-refractivity contribution in [2.75, 3.05) is 7.05 Å². The molecule has 0 radical (unpaired) electrons. The minimum atomic E-state index is 0.155. The Morgan fingerprint density at radius 1 is 1.25 bits per heavy atom. The van der Waals surface area contributed by atoms with E-state index in [1.165, 1.54) is 19.3 Å². The van der Waals surface area contributed by atoms with Crippen LogP contribution in [0.4, 0.5) is 0 Å². The summed E-state index contributed by atoms with van der Waals surface area (Å²) in [6, 6.07) is 8.37. The predicted molar refractivity (Wildman–Crippen MR) is 96.2 cm³/mol. The molecule has 0 saturated heterocycles. The molecule has 0 N–H and O–H groups in total. The molecule has 0 unspecified atom stereocenters. The molecular formula is C20H27N3O. The lowest BCUT2D eigenvalue weighted by Gasteiger charge is -2.31. The van der Waals surface area contributed by atoms with E-state index in [0.717, 1.165) is 35.5 Å². The van der Waals surface area contributed by atoms with Crippen molar-refractivity contribution in [2.24, 2.45) is 0 Å². The molecule has 0 aliphatic heterocycles. The van der Waals surface area contributed by atoms with Gasteiger partial charge in [0.1, 0.15) is 0 Å². The van der Waals surface area contributed by atoms with E-state index in [-0.39, 0.29) is 5.91 Å². The van der Waals surface area contributed by atoms with Crippen molar-refractivity contribution in [3.63, 3.8) is 0 Å². The van der Waals surface area contributed by atoms with Gasteiger partial charge < -0.3 is 9.47 Å². The maximum absolute atomic E-state index is 13.0. The summed E-state index contributed by atoms with van der Waals surface area (Å²) in [5.74, 6) is 0.155. The molecule has 0 aromatic carbocycles. The lowest BCUT2D eigenvalue weighted by atomic mass is 9.94. The minimum Gasteiger partial charge on any atom is -0.342 e. The second-order valence-electron chi connectivity index (χ2n) is 6.90. The van der Waals surface area contributed by atoms with Crippen LogP contribution in [0.3, 0.4) is 0 Å². The van der Waals surface area contributed by atoms with Crippen molar-refractivity contribution in [2.45, 2.75) is 58.5 Å². The van der Waals surface area contributed by atoms with Crippen molar-refractivity contribution in [1.82, 2.24) is 14.5 Å². The van der Waals surface area contributed by atoms with Gasteiger partial charge in [0.2, 0.25) is 0 Å². The van der Waals surface area contributed by atoms with Crippen LogP contribution in [0.15, 0.2) is 30.5 Å². The molecule has 3 rings (SSSR count). The molecule has 4 nitrogen and oxygen atoms in total. The van der Waals surface area contributed by atoms with Crippen molar-refractivity contribution in [1.29, 1.82) is 0 Å². The first-order valence-corrected chi connectivity index (χ1v) is 8.91. The maximum Gasteiger partial charge on any atom is 0.255 e. The van der Waals surface area contributed by atoms with Crippen LogP contribution in [0.2, 0.25) is 0 Å². The zero-order valence-corrected chi connectivity index (χ0v) is 15.0. The number of aryl methyl sites for hydroxylation is 1. The van der Waals surface area contributed by atoms with E-state index in [1.54, 1.807) is 0 Å². The van der Waals surface area contributed by atoms with E-state index in [1.807, 2.05) is 49.3 Å². The second-order valence-corrected chi connectivity index (χ2v) is 6.90. The van der Waals surface area contributed by atoms with Gasteiger partial charge in [-0.15, -0.1) is 0 Å². The number of hydrogen-bond donors (Lipinski definition) is 0. The molecule has 0 atom stereocenters. The molecule has 4 heteroatoms. The fourth-order valence-electron chi connectivity index (χ4n) is 3.74. The Balaban J connectivity index is 1.81. The number of carbonyl (C=O) groups excluding carboxylic acids is 1. The highest BCUT2D eigenvalue weighted by molar-refractivity contribution is 5.95. The van der Waals surface area contributed by atoms with Crippen LogP contribution in [0.25, 0.3) is 0 Å². The fourth-order valence-corrected chi connectivity index (χ4v) is 3.74. The van der Waals surface area contributed by atoms with Crippen LogP contribution in [0, 0.1) is 13.8 Å². The molecule has 24 heavy (non-hydrogen) atoms. The Hall–Kier alpha value is -2.10. The van der Waals surface area contributed by atoms with E-state index in [0.29, 0.717) is 12.6 Å². The topological polar surface area (TPSA) is 38.1 Å². The summed E-state index contributed by atoms with van der Waals surface area (Å²) in [6.45, 7) is 4.81. The largest absolute Gasteiger partial charge is 0.342 e. The molecule has 1 amide bonds. The van der Waals surface area contributed by atoms with Crippen molar-refractivity contribution in [3.8, 4) is 0 Å². The average molecular weight is 325 g/mol. The molecule has 1 aliphatic rings. The van der Waals surface area contributed by atoms with Crippen LogP contribution in [0.5, 0.6) is 0 Å². The number of pyridine rings is 1. The van der Waals surface area contributed by atoms with Crippen molar-refractivity contribution in [3.05, 3.63) is 53.1 Å². The van der Waals surface area contributed by atoms with Crippen molar-refractivity contribution >= 4 is 5.91 Å². The zero-order chi connectivity index (χ0) is 17.1. The lowest BCUT2D eigenvalue weighted by molar-refractivity contribution is 0.0695. The third-order valence-corrected chi connectivity index (χ3v) is 5.29. The Bertz CT molecular complexity index is 699. The van der Waals surface area contributed by atoms with Gasteiger partial charge in [0, 0.05) is 30.7 Å². The van der Waals surface area contributed by atoms with Gasteiger partial charge in [-0.1, -0.05) is 25.3 Å². The molecule has 1 saturated carbocycles. The van der Waals surface area contributed by atoms with Crippen LogP contribution >= 0.6 is 0 Å². The number of amides is 1. The minimum absolute atomic E-state index is 0.155. The van der Waals surface area contributed by atoms with Gasteiger partial charge in [-0.05, 0) is 44.9 Å². The zero-order valence-electron chi connectivity index (χ0n) is 15.0. The highest BCUT2D eigenvalue weighted by Gasteiger charge is 2.25. The summed E-state index contributed by atoms with van der Waals surface area (Å²) in [5.41, 5.74) is 3.99. The van der Waals surface area contributed by atoms with Crippen LogP contribution < -0.4 is 0 Å². The van der Waals surface area contributed by atoms with Gasteiger partial charge in [0.15, 0.2) is 0 Å². The highest BCUT2D eigenvalue weighted by atomic mass is 16.2. The predicted octanol–water partition coefficient (Wildman–Crippen LogP) is 3.95. The molecular weight excluding hydrogens is 298 g/mol. The lowest BCUT2D eigenvalue weighted by Crippen LogP contribution is -2.38. The smallest absolute Gasteiger partial charge is 0.255 e. The standard InChI is InChI=1S/C20H27N3O/c1-15-13-19(20(24)22(3)18-10-5-4-6-11-18)16(2)23(15)14-17-9-7-8-12-21-17/h7-9,12-13,18H,4-6,10-11,14H2,1-3H3. The normalized spacial score (nSPS) is 15.5. The molecule has 2 heterocycles. The maximum atomic E-state index is 13.0. The SMILES string of the molecule is Cc1cc(C(=O)N(C)C2CCCCC2)c(C)n1Cc1ccccn1. The summed E-state index contributed by atoms with van der Waals surface area (Å²) >= 11 is 0. The molecule has 0 spiro atoms. The van der Waals surface area contributed by atoms with Gasteiger partial charge in [0.05, 0.1) is 17.8 Å². The van der Waals surface area contributed by atoms with Gasteiger partial charge in [-0.3, -0.25) is 9.78 Å². The molecule has 2 aromatic rings. The van der Waals surface area contributed by atoms with Gasteiger partial charge in [-0.2, -0.15) is 0 Å². The number of rotatable bonds is 4. The summed E-state index contributed by atoms with van der Waals surface area (Å²) in [5, 5.41) is 0. The monoisotopic (exact) mass is 325 g/mol. The van der Waals surface area contributed by atoms with E-state index in [4.69, 9.17) is 0 Å². The Kier molecular flexibility index (Phi) is 5.03. The number of carbonyl (C=O) groups is 1. The van der Waals surface area contributed by atoms with Crippen LogP contribution in [-0.4, -0.2) is 33.4 Å². The van der Waals surface area contributed by atoms with Gasteiger partial charge >= 0.3 is 0 Å². The van der Waals surface area contributed by atoms with Crippen molar-refractivity contribution < 1.29 is 4.79 Å². The highest BCUT2D eigenvalue weighted by Crippen LogP contribution is 2.25. The number of hydrogen-bond acceptors (Lipinski definition) is 2. The van der Waals surface area contributed by atoms with E-state index < -0.39 is 0 Å².